The van der Waals surface area contributed by atoms with Crippen molar-refractivity contribution >= 4 is 38.8 Å². The molecule has 1 rings (SSSR count). The van der Waals surface area contributed by atoms with Crippen LogP contribution in [0.3, 0.4) is 0 Å². The first-order valence-corrected chi connectivity index (χ1v) is 10.2. The molecular formula is C16H26ClN3O2S2. The molecule has 0 aliphatic heterocycles. The Morgan fingerprint density at radius 3 is 2.21 bits per heavy atom. The van der Waals surface area contributed by atoms with Crippen LogP contribution in [0, 0.1) is 0 Å². The molecule has 136 valence electrons. The van der Waals surface area contributed by atoms with Crippen LogP contribution in [0.5, 0.6) is 0 Å². The van der Waals surface area contributed by atoms with E-state index < -0.39 is 9.84 Å². The molecule has 0 aliphatic carbocycles. The Bertz CT molecular complexity index is 646. The van der Waals surface area contributed by atoms with Crippen molar-refractivity contribution in [2.24, 2.45) is 0 Å². The lowest BCUT2D eigenvalue weighted by Crippen LogP contribution is -2.51. The van der Waals surface area contributed by atoms with Crippen molar-refractivity contribution in [1.29, 1.82) is 0 Å². The van der Waals surface area contributed by atoms with Crippen molar-refractivity contribution in [2.75, 3.05) is 26.4 Å². The van der Waals surface area contributed by atoms with Crippen LogP contribution in [-0.4, -0.2) is 61.9 Å². The molecule has 1 N–H and O–H groups in total. The predicted octanol–water partition coefficient (Wildman–Crippen LogP) is 2.61. The molecule has 0 aliphatic rings. The smallest absolute Gasteiger partial charge is 0.180 e. The summed E-state index contributed by atoms with van der Waals surface area (Å²) in [5.41, 5.74) is 0. The van der Waals surface area contributed by atoms with Crippen molar-refractivity contribution < 1.29 is 8.42 Å². The molecule has 24 heavy (non-hydrogen) atoms. The van der Waals surface area contributed by atoms with Gasteiger partial charge in [0.1, 0.15) is 0 Å². The van der Waals surface area contributed by atoms with Gasteiger partial charge in [-0.05, 0) is 71.3 Å². The fourth-order valence-electron chi connectivity index (χ4n) is 1.96. The molecule has 1 aromatic rings. The van der Waals surface area contributed by atoms with Crippen molar-refractivity contribution in [3.63, 3.8) is 0 Å². The van der Waals surface area contributed by atoms with E-state index in [-0.39, 0.29) is 22.9 Å². The average Bonchev–Trinajstić information content (AvgIpc) is 2.47. The number of thiocarbonyl (C=S) groups is 1. The summed E-state index contributed by atoms with van der Waals surface area (Å²) in [5, 5.41) is 4.28. The minimum Gasteiger partial charge on any atom is -0.347 e. The van der Waals surface area contributed by atoms with E-state index in [2.05, 4.69) is 5.32 Å². The maximum Gasteiger partial charge on any atom is 0.180 e. The number of nitrogens with one attached hydrogen (secondary N) is 1. The number of nitrogens with zero attached hydrogens (tertiary/aromatic N) is 2. The molecule has 1 aromatic carbocycles. The molecule has 0 aromatic heterocycles. The van der Waals surface area contributed by atoms with Gasteiger partial charge < -0.3 is 10.2 Å². The molecule has 1 atom stereocenters. The van der Waals surface area contributed by atoms with Gasteiger partial charge in [-0.25, -0.2) is 8.42 Å². The molecule has 0 saturated heterocycles. The van der Waals surface area contributed by atoms with Crippen LogP contribution in [0.4, 0.5) is 0 Å². The third-order valence-corrected chi connectivity index (χ3v) is 6.08. The minimum atomic E-state index is -3.38. The molecule has 0 spiro atoms. The van der Waals surface area contributed by atoms with Gasteiger partial charge in [-0.15, -0.1) is 0 Å². The second kappa shape index (κ2) is 8.99. The van der Waals surface area contributed by atoms with Crippen molar-refractivity contribution in [1.82, 2.24) is 15.1 Å². The molecule has 5 nitrogen and oxygen atoms in total. The molecule has 0 fully saturated rings. The molecule has 0 radical (unpaired) electrons. The van der Waals surface area contributed by atoms with Gasteiger partial charge in [0.2, 0.25) is 0 Å². The van der Waals surface area contributed by atoms with E-state index in [0.717, 1.165) is 0 Å². The highest BCUT2D eigenvalue weighted by atomic mass is 35.5. The fourth-order valence-corrected chi connectivity index (χ4v) is 3.79. The van der Waals surface area contributed by atoms with Crippen LogP contribution < -0.4 is 5.32 Å². The van der Waals surface area contributed by atoms with Gasteiger partial charge in [-0.2, -0.15) is 0 Å². The Labute approximate surface area is 155 Å². The van der Waals surface area contributed by atoms with Crippen LogP contribution in [0.1, 0.15) is 20.8 Å². The van der Waals surface area contributed by atoms with Gasteiger partial charge >= 0.3 is 0 Å². The number of benzene rings is 1. The Morgan fingerprint density at radius 2 is 1.75 bits per heavy atom. The lowest BCUT2D eigenvalue weighted by Gasteiger charge is -2.32. The van der Waals surface area contributed by atoms with Crippen LogP contribution in [-0.2, 0) is 9.84 Å². The highest BCUT2D eigenvalue weighted by Crippen LogP contribution is 2.16. The summed E-state index contributed by atoms with van der Waals surface area (Å²) in [6.45, 7) is 6.30. The van der Waals surface area contributed by atoms with Gasteiger partial charge in [-0.3, -0.25) is 4.90 Å². The zero-order chi connectivity index (χ0) is 18.5. The largest absolute Gasteiger partial charge is 0.347 e. The summed E-state index contributed by atoms with van der Waals surface area (Å²) in [6.07, 6.45) is 0.0617. The quantitative estimate of drug-likeness (QED) is 0.569. The summed E-state index contributed by atoms with van der Waals surface area (Å²) in [7, 11) is 0.517. The number of halogens is 1. The molecule has 0 amide bonds. The van der Waals surface area contributed by atoms with E-state index in [0.29, 0.717) is 16.7 Å². The third kappa shape index (κ3) is 6.20. The second-order valence-corrected chi connectivity index (χ2v) is 9.08. The lowest BCUT2D eigenvalue weighted by atomic mass is 10.3. The van der Waals surface area contributed by atoms with Gasteiger partial charge in [0.25, 0.3) is 0 Å². The van der Waals surface area contributed by atoms with Gasteiger partial charge in [0.15, 0.2) is 14.9 Å². The summed E-state index contributed by atoms with van der Waals surface area (Å²) < 4.78 is 25.0. The topological polar surface area (TPSA) is 52.7 Å². The van der Waals surface area contributed by atoms with E-state index in [1.165, 1.54) is 12.1 Å². The van der Waals surface area contributed by atoms with Crippen molar-refractivity contribution in [3.8, 4) is 0 Å². The van der Waals surface area contributed by atoms with Crippen molar-refractivity contribution in [2.45, 2.75) is 37.9 Å². The highest BCUT2D eigenvalue weighted by molar-refractivity contribution is 7.91. The molecule has 0 saturated carbocycles. The summed E-state index contributed by atoms with van der Waals surface area (Å²) in [6, 6.07) is 6.32. The van der Waals surface area contributed by atoms with E-state index in [4.69, 9.17) is 23.8 Å². The summed E-state index contributed by atoms with van der Waals surface area (Å²) in [4.78, 5) is 4.16. The SMILES string of the molecule is CC(NC(=S)N(CCS(=O)(=O)c1ccc(Cl)cc1)C(C)C)N(C)C. The maximum absolute atomic E-state index is 12.5. The molecule has 0 bridgehead atoms. The van der Waals surface area contributed by atoms with E-state index in [1.54, 1.807) is 12.1 Å². The minimum absolute atomic E-state index is 0.00895. The van der Waals surface area contributed by atoms with Gasteiger partial charge in [0.05, 0.1) is 16.8 Å². The second-order valence-electron chi connectivity index (χ2n) is 6.15. The molecular weight excluding hydrogens is 366 g/mol. The zero-order valence-corrected chi connectivity index (χ0v) is 17.2. The Hall–Kier alpha value is -0.890. The lowest BCUT2D eigenvalue weighted by molar-refractivity contribution is 0.277. The van der Waals surface area contributed by atoms with Crippen LogP contribution >= 0.6 is 23.8 Å². The monoisotopic (exact) mass is 391 g/mol. The molecule has 8 heteroatoms. The Balaban J connectivity index is 2.79. The maximum atomic E-state index is 12.5. The number of rotatable bonds is 7. The number of hydrogen-bond acceptors (Lipinski definition) is 4. The Morgan fingerprint density at radius 1 is 1.21 bits per heavy atom. The summed E-state index contributed by atoms with van der Waals surface area (Å²) >= 11 is 11.3. The normalized spacial score (nSPS) is 13.2. The Kier molecular flexibility index (Phi) is 7.92. The zero-order valence-electron chi connectivity index (χ0n) is 14.8. The number of hydrogen-bond donors (Lipinski definition) is 1. The van der Waals surface area contributed by atoms with Crippen LogP contribution in [0.25, 0.3) is 0 Å². The molecule has 1 unspecified atom stereocenters. The third-order valence-electron chi connectivity index (χ3n) is 3.76. The van der Waals surface area contributed by atoms with Gasteiger partial charge in [-0.1, -0.05) is 11.6 Å². The first kappa shape index (κ1) is 21.2. The van der Waals surface area contributed by atoms with Gasteiger partial charge in [0, 0.05) is 17.6 Å². The molecule has 0 heterocycles. The van der Waals surface area contributed by atoms with Crippen molar-refractivity contribution in [3.05, 3.63) is 29.3 Å². The highest BCUT2D eigenvalue weighted by Gasteiger charge is 2.21. The van der Waals surface area contributed by atoms with E-state index >= 15 is 0 Å². The first-order valence-electron chi connectivity index (χ1n) is 7.76. The standard InChI is InChI=1S/C16H26ClN3O2S2/c1-12(2)20(16(23)18-13(3)19(4)5)10-11-24(21,22)15-8-6-14(17)7-9-15/h6-9,12-13H,10-11H2,1-5H3,(H,18,23). The van der Waals surface area contributed by atoms with E-state index in [9.17, 15) is 8.42 Å². The predicted molar refractivity (Wildman–Crippen MR) is 104 cm³/mol. The summed E-state index contributed by atoms with van der Waals surface area (Å²) in [5.74, 6) is -0.00895. The van der Waals surface area contributed by atoms with Crippen LogP contribution in [0.2, 0.25) is 5.02 Å². The van der Waals surface area contributed by atoms with E-state index in [1.807, 2.05) is 44.7 Å². The average molecular weight is 392 g/mol. The fraction of sp³-hybridized carbons (Fsp3) is 0.562. The number of sulfone groups is 1. The first-order chi connectivity index (χ1) is 11.0. The van der Waals surface area contributed by atoms with Crippen LogP contribution in [0.15, 0.2) is 29.2 Å².